The minimum atomic E-state index is -0.103. The van der Waals surface area contributed by atoms with Gasteiger partial charge in [-0.05, 0) is 30.7 Å². The number of halogens is 1. The fourth-order valence-electron chi connectivity index (χ4n) is 1.37. The van der Waals surface area contributed by atoms with Gasteiger partial charge in [0.1, 0.15) is 6.33 Å². The highest BCUT2D eigenvalue weighted by atomic mass is 79.9. The molecule has 0 N–H and O–H groups in total. The third kappa shape index (κ3) is 3.14. The molecule has 0 saturated carbocycles. The lowest BCUT2D eigenvalue weighted by Crippen LogP contribution is -2.03. The van der Waals surface area contributed by atoms with Crippen LogP contribution in [0.3, 0.4) is 0 Å². The van der Waals surface area contributed by atoms with Crippen molar-refractivity contribution in [1.82, 2.24) is 9.55 Å². The van der Waals surface area contributed by atoms with Gasteiger partial charge in [0.15, 0.2) is 0 Å². The van der Waals surface area contributed by atoms with Crippen molar-refractivity contribution in [2.75, 3.05) is 0 Å². The average Bonchev–Trinajstić information content (AvgIpc) is 2.75. The van der Waals surface area contributed by atoms with Crippen molar-refractivity contribution in [3.63, 3.8) is 0 Å². The second-order valence-corrected chi connectivity index (χ2v) is 4.56. The van der Waals surface area contributed by atoms with Gasteiger partial charge < -0.3 is 0 Å². The molecule has 0 fully saturated rings. The van der Waals surface area contributed by atoms with Gasteiger partial charge in [-0.1, -0.05) is 28.1 Å². The number of aryl methyl sites for hydroxylation is 1. The van der Waals surface area contributed by atoms with Gasteiger partial charge in [-0.3, -0.25) is 9.36 Å². The summed E-state index contributed by atoms with van der Waals surface area (Å²) in [6, 6.07) is 7.75. The zero-order valence-corrected chi connectivity index (χ0v) is 10.9. The molecule has 17 heavy (non-hydrogen) atoms. The molecule has 3 nitrogen and oxygen atoms in total. The maximum atomic E-state index is 11.7. The molecule has 0 unspecified atom stereocenters. The van der Waals surface area contributed by atoms with E-state index in [2.05, 4.69) is 20.9 Å². The Hall–Kier alpha value is -1.68. The van der Waals surface area contributed by atoms with Crippen molar-refractivity contribution in [2.24, 2.45) is 0 Å². The quantitative estimate of drug-likeness (QED) is 0.796. The molecule has 4 heteroatoms. The number of nitrogens with zero attached hydrogens (tertiary/aromatic N) is 2. The molecule has 0 bridgehead atoms. The summed E-state index contributed by atoms with van der Waals surface area (Å²) in [7, 11) is 0. The van der Waals surface area contributed by atoms with Crippen LogP contribution in [0.2, 0.25) is 0 Å². The van der Waals surface area contributed by atoms with Crippen molar-refractivity contribution >= 4 is 27.9 Å². The number of hydrogen-bond donors (Lipinski definition) is 0. The van der Waals surface area contributed by atoms with Crippen molar-refractivity contribution in [2.45, 2.75) is 6.92 Å². The maximum absolute atomic E-state index is 11.7. The lowest BCUT2D eigenvalue weighted by Gasteiger charge is -1.95. The van der Waals surface area contributed by atoms with Gasteiger partial charge in [0.05, 0.1) is 5.69 Å². The molecule has 2 rings (SSSR count). The summed E-state index contributed by atoms with van der Waals surface area (Å²) in [5, 5.41) is 0. The summed E-state index contributed by atoms with van der Waals surface area (Å²) in [5.41, 5.74) is 1.81. The molecule has 0 aliphatic carbocycles. The van der Waals surface area contributed by atoms with E-state index in [1.807, 2.05) is 31.2 Å². The molecule has 86 valence electrons. The standard InChI is InChI=1S/C13H11BrN2O/c1-10-8-16(9-15-10)13(17)7-4-11-2-5-12(14)6-3-11/h2-9H,1H3/b7-4+. The fourth-order valence-corrected chi connectivity index (χ4v) is 1.63. The monoisotopic (exact) mass is 290 g/mol. The molecule has 0 aliphatic heterocycles. The van der Waals surface area contributed by atoms with Crippen LogP contribution in [0.25, 0.3) is 6.08 Å². The van der Waals surface area contributed by atoms with E-state index in [1.54, 1.807) is 12.3 Å². The normalized spacial score (nSPS) is 10.9. The lowest BCUT2D eigenvalue weighted by molar-refractivity contribution is 0.0969. The third-order valence-corrected chi connectivity index (χ3v) is 2.78. The Kier molecular flexibility index (Phi) is 3.54. The van der Waals surface area contributed by atoms with Gasteiger partial charge in [-0.15, -0.1) is 0 Å². The van der Waals surface area contributed by atoms with Crippen LogP contribution in [0, 0.1) is 6.92 Å². The van der Waals surface area contributed by atoms with Crippen LogP contribution in [-0.2, 0) is 0 Å². The van der Waals surface area contributed by atoms with Crippen molar-refractivity contribution in [3.05, 3.63) is 58.6 Å². The van der Waals surface area contributed by atoms with E-state index in [9.17, 15) is 4.79 Å². The highest BCUT2D eigenvalue weighted by Gasteiger charge is 2.00. The Bertz CT molecular complexity index is 555. The highest BCUT2D eigenvalue weighted by Crippen LogP contribution is 2.11. The topological polar surface area (TPSA) is 34.9 Å². The van der Waals surface area contributed by atoms with E-state index in [4.69, 9.17) is 0 Å². The van der Waals surface area contributed by atoms with Gasteiger partial charge >= 0.3 is 0 Å². The molecule has 2 aromatic rings. The lowest BCUT2D eigenvalue weighted by atomic mass is 10.2. The maximum Gasteiger partial charge on any atom is 0.255 e. The molecule has 0 radical (unpaired) electrons. The number of hydrogen-bond acceptors (Lipinski definition) is 2. The fraction of sp³-hybridized carbons (Fsp3) is 0.0769. The first-order valence-electron chi connectivity index (χ1n) is 5.14. The number of aromatic nitrogens is 2. The number of benzene rings is 1. The molecule has 0 amide bonds. The number of carbonyl (C=O) groups excluding carboxylic acids is 1. The molecule has 0 aliphatic rings. The number of carbonyl (C=O) groups is 1. The summed E-state index contributed by atoms with van der Waals surface area (Å²) >= 11 is 3.36. The number of allylic oxidation sites excluding steroid dienone is 1. The van der Waals surface area contributed by atoms with Crippen LogP contribution in [0.1, 0.15) is 16.1 Å². The Morgan fingerprint density at radius 2 is 2.06 bits per heavy atom. The second-order valence-electron chi connectivity index (χ2n) is 3.65. The van der Waals surface area contributed by atoms with E-state index >= 15 is 0 Å². The molecule has 0 atom stereocenters. The first-order chi connectivity index (χ1) is 8.15. The Morgan fingerprint density at radius 3 is 2.65 bits per heavy atom. The summed E-state index contributed by atoms with van der Waals surface area (Å²) < 4.78 is 2.48. The van der Waals surface area contributed by atoms with Gasteiger partial charge in [0.25, 0.3) is 5.91 Å². The summed E-state index contributed by atoms with van der Waals surface area (Å²) in [4.78, 5) is 15.7. The van der Waals surface area contributed by atoms with Crippen molar-refractivity contribution < 1.29 is 4.79 Å². The van der Waals surface area contributed by atoms with Crippen LogP contribution >= 0.6 is 15.9 Å². The summed E-state index contributed by atoms with van der Waals surface area (Å²) in [6.07, 6.45) is 6.53. The Balaban J connectivity index is 2.10. The molecule has 1 aromatic heterocycles. The predicted molar refractivity (Wildman–Crippen MR) is 70.8 cm³/mol. The van der Waals surface area contributed by atoms with Crippen LogP contribution < -0.4 is 0 Å². The second kappa shape index (κ2) is 5.10. The minimum absolute atomic E-state index is 0.103. The van der Waals surface area contributed by atoms with E-state index in [1.165, 1.54) is 17.0 Å². The van der Waals surface area contributed by atoms with Gasteiger partial charge in [0.2, 0.25) is 0 Å². The third-order valence-electron chi connectivity index (χ3n) is 2.25. The summed E-state index contributed by atoms with van der Waals surface area (Å²) in [5.74, 6) is -0.103. The SMILES string of the molecule is Cc1cn(C(=O)/C=C/c2ccc(Br)cc2)cn1. The van der Waals surface area contributed by atoms with E-state index in [0.29, 0.717) is 0 Å². The highest BCUT2D eigenvalue weighted by molar-refractivity contribution is 9.10. The Morgan fingerprint density at radius 1 is 1.35 bits per heavy atom. The van der Waals surface area contributed by atoms with E-state index in [-0.39, 0.29) is 5.91 Å². The zero-order valence-electron chi connectivity index (χ0n) is 9.30. The van der Waals surface area contributed by atoms with Crippen LogP contribution in [-0.4, -0.2) is 15.5 Å². The van der Waals surface area contributed by atoms with Gasteiger partial charge in [-0.2, -0.15) is 0 Å². The Labute approximate surface area is 108 Å². The predicted octanol–water partition coefficient (Wildman–Crippen LogP) is 3.31. The van der Waals surface area contributed by atoms with E-state index < -0.39 is 0 Å². The molecular weight excluding hydrogens is 280 g/mol. The number of rotatable bonds is 2. The minimum Gasteiger partial charge on any atom is -0.272 e. The van der Waals surface area contributed by atoms with Crippen molar-refractivity contribution in [3.8, 4) is 0 Å². The molecule has 1 heterocycles. The smallest absolute Gasteiger partial charge is 0.255 e. The van der Waals surface area contributed by atoms with Crippen LogP contribution in [0.5, 0.6) is 0 Å². The largest absolute Gasteiger partial charge is 0.272 e. The number of imidazole rings is 1. The molecule has 0 saturated heterocycles. The molecule has 0 spiro atoms. The first kappa shape index (κ1) is 11.8. The van der Waals surface area contributed by atoms with Gasteiger partial charge in [-0.25, -0.2) is 4.98 Å². The van der Waals surface area contributed by atoms with E-state index in [0.717, 1.165) is 15.7 Å². The van der Waals surface area contributed by atoms with Crippen LogP contribution in [0.4, 0.5) is 0 Å². The average molecular weight is 291 g/mol. The van der Waals surface area contributed by atoms with Crippen LogP contribution in [0.15, 0.2) is 47.3 Å². The first-order valence-corrected chi connectivity index (χ1v) is 5.93. The molecular formula is C13H11BrN2O. The van der Waals surface area contributed by atoms with Gasteiger partial charge in [0, 0.05) is 16.7 Å². The summed E-state index contributed by atoms with van der Waals surface area (Å²) in [6.45, 7) is 1.85. The van der Waals surface area contributed by atoms with Crippen molar-refractivity contribution in [1.29, 1.82) is 0 Å². The molecule has 1 aromatic carbocycles. The zero-order chi connectivity index (χ0) is 12.3.